The van der Waals surface area contributed by atoms with Gasteiger partial charge in [0.1, 0.15) is 6.67 Å². The monoisotopic (exact) mass is 429 g/mol. The highest BCUT2D eigenvalue weighted by Gasteiger charge is 2.33. The van der Waals surface area contributed by atoms with Crippen LogP contribution < -0.4 is 9.80 Å². The molecule has 0 bridgehead atoms. The van der Waals surface area contributed by atoms with Crippen LogP contribution >= 0.6 is 0 Å². The summed E-state index contributed by atoms with van der Waals surface area (Å²) < 4.78 is 6.30. The number of nitrogens with zero attached hydrogens (tertiary/aromatic N) is 5. The molecule has 0 N–H and O–H groups in total. The van der Waals surface area contributed by atoms with E-state index >= 15 is 0 Å². The lowest BCUT2D eigenvalue weighted by atomic mass is 10.1. The summed E-state index contributed by atoms with van der Waals surface area (Å²) in [4.78, 5) is 19.0. The Labute approximate surface area is 189 Å². The molecule has 6 nitrogen and oxygen atoms in total. The topological polar surface area (TPSA) is 58.3 Å². The first kappa shape index (κ1) is 18.2. The standard InChI is InChI=1S/C27H19N5O/c1-17-14-15-20-19-10-7-13-23(24(19)33-27(20)28-17)32-16-31(18-8-3-2-4-9-18)25-26(32)30-22-12-6-5-11-21(22)29-25/h2-15H,16H2,1H3. The van der Waals surface area contributed by atoms with E-state index in [1.54, 1.807) is 0 Å². The third kappa shape index (κ3) is 2.70. The lowest BCUT2D eigenvalue weighted by molar-refractivity contribution is 0.652. The number of aryl methyl sites for hydroxylation is 1. The van der Waals surface area contributed by atoms with Crippen molar-refractivity contribution in [2.75, 3.05) is 16.5 Å². The molecule has 0 radical (unpaired) electrons. The molecule has 4 heterocycles. The summed E-state index contributed by atoms with van der Waals surface area (Å²) in [5, 5.41) is 2.06. The van der Waals surface area contributed by atoms with Crippen LogP contribution in [0.3, 0.4) is 0 Å². The minimum Gasteiger partial charge on any atom is -0.435 e. The van der Waals surface area contributed by atoms with E-state index in [2.05, 4.69) is 51.2 Å². The summed E-state index contributed by atoms with van der Waals surface area (Å²) in [7, 11) is 0. The predicted octanol–water partition coefficient (Wildman–Crippen LogP) is 6.48. The average molecular weight is 429 g/mol. The number of hydrogen-bond donors (Lipinski definition) is 0. The zero-order valence-electron chi connectivity index (χ0n) is 17.9. The van der Waals surface area contributed by atoms with Crippen molar-refractivity contribution in [1.29, 1.82) is 0 Å². The van der Waals surface area contributed by atoms with Crippen LogP contribution in [-0.2, 0) is 0 Å². The van der Waals surface area contributed by atoms with E-state index in [-0.39, 0.29) is 0 Å². The molecule has 6 aromatic rings. The molecular formula is C27H19N5O. The van der Waals surface area contributed by atoms with Crippen molar-refractivity contribution in [3.05, 3.63) is 90.6 Å². The van der Waals surface area contributed by atoms with Crippen LogP contribution in [0.15, 0.2) is 89.3 Å². The van der Waals surface area contributed by atoms with Crippen molar-refractivity contribution < 1.29 is 4.42 Å². The molecule has 0 fully saturated rings. The highest BCUT2D eigenvalue weighted by Crippen LogP contribution is 2.45. The van der Waals surface area contributed by atoms with Crippen molar-refractivity contribution in [2.24, 2.45) is 0 Å². The first-order valence-corrected chi connectivity index (χ1v) is 10.9. The van der Waals surface area contributed by atoms with Crippen molar-refractivity contribution in [3.63, 3.8) is 0 Å². The Kier molecular flexibility index (Phi) is 3.73. The maximum Gasteiger partial charge on any atom is 0.227 e. The lowest BCUT2D eigenvalue weighted by Crippen LogP contribution is -2.24. The number of benzene rings is 3. The molecule has 3 aromatic heterocycles. The first-order valence-electron chi connectivity index (χ1n) is 10.9. The minimum atomic E-state index is 0.582. The quantitative estimate of drug-likeness (QED) is 0.314. The normalized spacial score (nSPS) is 13.4. The fourth-order valence-electron chi connectivity index (χ4n) is 4.59. The summed E-state index contributed by atoms with van der Waals surface area (Å²) >= 11 is 0. The van der Waals surface area contributed by atoms with Crippen LogP contribution in [0.25, 0.3) is 33.1 Å². The maximum absolute atomic E-state index is 6.30. The van der Waals surface area contributed by atoms with E-state index in [9.17, 15) is 0 Å². The van der Waals surface area contributed by atoms with Gasteiger partial charge in [0.05, 0.1) is 16.7 Å². The predicted molar refractivity (Wildman–Crippen MR) is 131 cm³/mol. The molecule has 0 aliphatic carbocycles. The maximum atomic E-state index is 6.30. The van der Waals surface area contributed by atoms with Crippen LogP contribution in [0.1, 0.15) is 5.69 Å². The smallest absolute Gasteiger partial charge is 0.227 e. The Balaban J connectivity index is 1.48. The van der Waals surface area contributed by atoms with Gasteiger partial charge >= 0.3 is 0 Å². The van der Waals surface area contributed by atoms with Gasteiger partial charge in [-0.15, -0.1) is 0 Å². The molecule has 0 atom stereocenters. The lowest BCUT2D eigenvalue weighted by Gasteiger charge is -2.20. The van der Waals surface area contributed by atoms with Gasteiger partial charge in [0.15, 0.2) is 17.2 Å². The summed E-state index contributed by atoms with van der Waals surface area (Å²) in [5.74, 6) is 1.65. The second kappa shape index (κ2) is 6.77. The van der Waals surface area contributed by atoms with Crippen molar-refractivity contribution in [2.45, 2.75) is 6.92 Å². The fraction of sp³-hybridized carbons (Fsp3) is 0.0741. The van der Waals surface area contributed by atoms with Crippen LogP contribution in [0, 0.1) is 6.92 Å². The number of pyridine rings is 1. The van der Waals surface area contributed by atoms with Crippen molar-refractivity contribution >= 4 is 56.1 Å². The van der Waals surface area contributed by atoms with E-state index in [4.69, 9.17) is 14.4 Å². The van der Waals surface area contributed by atoms with Gasteiger partial charge in [-0.2, -0.15) is 0 Å². The molecule has 0 unspecified atom stereocenters. The second-order valence-electron chi connectivity index (χ2n) is 8.25. The summed E-state index contributed by atoms with van der Waals surface area (Å²) in [6, 6.07) is 28.6. The Morgan fingerprint density at radius 2 is 1.39 bits per heavy atom. The molecule has 6 heteroatoms. The second-order valence-corrected chi connectivity index (χ2v) is 8.25. The third-order valence-corrected chi connectivity index (χ3v) is 6.17. The number of fused-ring (bicyclic) bond motifs is 5. The third-order valence-electron chi connectivity index (χ3n) is 6.17. The zero-order valence-corrected chi connectivity index (χ0v) is 17.9. The number of aromatic nitrogens is 3. The molecule has 7 rings (SSSR count). The summed E-state index contributed by atoms with van der Waals surface area (Å²) in [6.07, 6.45) is 0. The van der Waals surface area contributed by atoms with E-state index in [1.165, 1.54) is 0 Å². The molecule has 33 heavy (non-hydrogen) atoms. The number of anilines is 4. The minimum absolute atomic E-state index is 0.582. The van der Waals surface area contributed by atoms with Gasteiger partial charge < -0.3 is 14.2 Å². The largest absolute Gasteiger partial charge is 0.435 e. The molecule has 0 spiro atoms. The van der Waals surface area contributed by atoms with Crippen LogP contribution in [-0.4, -0.2) is 21.6 Å². The molecule has 1 aliphatic heterocycles. The molecule has 0 amide bonds. The van der Waals surface area contributed by atoms with Crippen LogP contribution in [0.5, 0.6) is 0 Å². The molecule has 0 saturated carbocycles. The Morgan fingerprint density at radius 1 is 0.667 bits per heavy atom. The van der Waals surface area contributed by atoms with Gasteiger partial charge in [-0.25, -0.2) is 15.0 Å². The van der Waals surface area contributed by atoms with Crippen LogP contribution in [0.2, 0.25) is 0 Å². The van der Waals surface area contributed by atoms with Crippen molar-refractivity contribution in [3.8, 4) is 0 Å². The summed E-state index contributed by atoms with van der Waals surface area (Å²) in [5.41, 5.74) is 6.16. The number of para-hydroxylation sites is 4. The Bertz CT molecular complexity index is 1670. The van der Waals surface area contributed by atoms with Crippen LogP contribution in [0.4, 0.5) is 23.0 Å². The van der Waals surface area contributed by atoms with Gasteiger partial charge in [-0.3, -0.25) is 0 Å². The van der Waals surface area contributed by atoms with E-state index < -0.39 is 0 Å². The van der Waals surface area contributed by atoms with Gasteiger partial charge in [0, 0.05) is 22.2 Å². The van der Waals surface area contributed by atoms with E-state index in [0.29, 0.717) is 12.4 Å². The van der Waals surface area contributed by atoms with Gasteiger partial charge in [-0.05, 0) is 49.4 Å². The number of hydrogen-bond acceptors (Lipinski definition) is 6. The average Bonchev–Trinajstić information content (AvgIpc) is 3.40. The Hall–Kier alpha value is -4.45. The molecule has 158 valence electrons. The molecule has 3 aromatic carbocycles. The molecule has 0 saturated heterocycles. The fourth-order valence-corrected chi connectivity index (χ4v) is 4.59. The highest BCUT2D eigenvalue weighted by molar-refractivity contribution is 6.09. The first-order chi connectivity index (χ1) is 16.3. The number of rotatable bonds is 2. The molecule has 1 aliphatic rings. The van der Waals surface area contributed by atoms with Gasteiger partial charge in [-0.1, -0.05) is 42.5 Å². The number of furan rings is 1. The highest BCUT2D eigenvalue weighted by atomic mass is 16.3. The Morgan fingerprint density at radius 3 is 2.18 bits per heavy atom. The van der Waals surface area contributed by atoms with E-state index in [1.807, 2.05) is 55.5 Å². The van der Waals surface area contributed by atoms with Crippen molar-refractivity contribution in [1.82, 2.24) is 15.0 Å². The van der Waals surface area contributed by atoms with Gasteiger partial charge in [0.25, 0.3) is 0 Å². The summed E-state index contributed by atoms with van der Waals surface area (Å²) in [6.45, 7) is 2.56. The molecular weight excluding hydrogens is 410 g/mol. The van der Waals surface area contributed by atoms with Gasteiger partial charge in [0.2, 0.25) is 5.71 Å². The van der Waals surface area contributed by atoms with E-state index in [0.717, 1.165) is 56.1 Å². The SMILES string of the molecule is Cc1ccc2c(n1)oc1c(N3CN(c4ccccc4)c4nc5ccccc5nc43)cccc12. The zero-order chi connectivity index (χ0) is 21.9.